The maximum atomic E-state index is 11.6. The first-order valence-corrected chi connectivity index (χ1v) is 9.50. The molecule has 0 radical (unpaired) electrons. The molecule has 0 aliphatic heterocycles. The van der Waals surface area contributed by atoms with Crippen molar-refractivity contribution >= 4 is 13.3 Å². The molecule has 0 spiro atoms. The highest BCUT2D eigenvalue weighted by molar-refractivity contribution is 7.57. The summed E-state index contributed by atoms with van der Waals surface area (Å²) in [5, 5.41) is 14.0. The molecule has 0 saturated carbocycles. The van der Waals surface area contributed by atoms with Gasteiger partial charge < -0.3 is 19.5 Å². The van der Waals surface area contributed by atoms with E-state index in [0.29, 0.717) is 5.75 Å². The fraction of sp³-hybridized carbons (Fsp3) is 0.562. The van der Waals surface area contributed by atoms with Crippen LogP contribution in [0.1, 0.15) is 26.3 Å². The van der Waals surface area contributed by atoms with Crippen molar-refractivity contribution in [1.82, 2.24) is 0 Å². The van der Waals surface area contributed by atoms with Crippen LogP contribution in [0.5, 0.6) is 5.75 Å². The zero-order valence-corrected chi connectivity index (χ0v) is 15.9. The first kappa shape index (κ1) is 23.9. The molecule has 0 unspecified atom stereocenters. The molecule has 0 amide bonds. The minimum absolute atomic E-state index is 0.228. The number of ether oxygens (including phenoxy) is 1. The van der Waals surface area contributed by atoms with Crippen LogP contribution in [0.2, 0.25) is 0 Å². The molecule has 23 heavy (non-hydrogen) atoms. The normalized spacial score (nSPS) is 10.5. The quantitative estimate of drug-likeness (QED) is 0.642. The van der Waals surface area contributed by atoms with Crippen LogP contribution in [0.3, 0.4) is 0 Å². The smallest absolute Gasteiger partial charge is 0.311 e. The zero-order valence-electron chi connectivity index (χ0n) is 15.0. The average Bonchev–Trinajstić information content (AvgIpc) is 2.48. The Kier molecular flexibility index (Phi) is 11.7. The third-order valence-electron chi connectivity index (χ3n) is 2.23. The third kappa shape index (κ3) is 11.8. The summed E-state index contributed by atoms with van der Waals surface area (Å²) >= 11 is 0. The predicted octanol–water partition coefficient (Wildman–Crippen LogP) is 2.91. The molecule has 1 aromatic carbocycles. The van der Waals surface area contributed by atoms with E-state index >= 15 is 0 Å². The molecule has 2 N–H and O–H groups in total. The number of carbonyl (C=O) groups is 1. The average molecular weight is 348 g/mol. The minimum atomic E-state index is -2.54. The summed E-state index contributed by atoms with van der Waals surface area (Å²) in [6.45, 7) is 8.79. The molecular formula is C16H29O6P. The van der Waals surface area contributed by atoms with Crippen LogP contribution in [-0.2, 0) is 20.7 Å². The van der Waals surface area contributed by atoms with E-state index in [9.17, 15) is 9.36 Å². The van der Waals surface area contributed by atoms with Crippen molar-refractivity contribution in [2.24, 2.45) is 5.41 Å². The van der Waals surface area contributed by atoms with Gasteiger partial charge in [0.1, 0.15) is 12.4 Å². The van der Waals surface area contributed by atoms with E-state index in [1.54, 1.807) is 37.6 Å². The van der Waals surface area contributed by atoms with Gasteiger partial charge in [0.25, 0.3) is 0 Å². The van der Waals surface area contributed by atoms with Crippen LogP contribution in [-0.4, -0.2) is 43.7 Å². The summed E-state index contributed by atoms with van der Waals surface area (Å²) in [7, 11) is -0.541. The third-order valence-corrected chi connectivity index (χ3v) is 2.88. The van der Waals surface area contributed by atoms with Gasteiger partial charge in [0.15, 0.2) is 0 Å². The highest BCUT2D eigenvalue weighted by Gasteiger charge is 2.22. The van der Waals surface area contributed by atoms with Gasteiger partial charge in [-0.15, -0.1) is 0 Å². The largest absolute Gasteiger partial charge is 0.460 e. The molecule has 0 heterocycles. The molecular weight excluding hydrogens is 319 g/mol. The second kappa shape index (κ2) is 11.2. The lowest BCUT2D eigenvalue weighted by Crippen LogP contribution is -2.22. The lowest BCUT2D eigenvalue weighted by atomic mass is 9.97. The maximum absolute atomic E-state index is 11.6. The summed E-state index contributed by atoms with van der Waals surface area (Å²) in [6.07, 6.45) is 0. The molecule has 0 aromatic heterocycles. The SMILES string of the molecule is CC(C)(C)C(=O)OCc1ccc(OP(C)(C)=O)cc1.CO.CO. The Bertz CT molecular complexity index is 484. The molecule has 6 nitrogen and oxygen atoms in total. The first-order valence-electron chi connectivity index (χ1n) is 6.98. The number of carbonyl (C=O) groups excluding carboxylic acids is 1. The second-order valence-corrected chi connectivity index (χ2v) is 8.50. The van der Waals surface area contributed by atoms with Gasteiger partial charge >= 0.3 is 5.97 Å². The van der Waals surface area contributed by atoms with E-state index in [-0.39, 0.29) is 12.6 Å². The number of hydrogen-bond donors (Lipinski definition) is 2. The molecule has 7 heteroatoms. The lowest BCUT2D eigenvalue weighted by molar-refractivity contribution is -0.154. The van der Waals surface area contributed by atoms with E-state index in [2.05, 4.69) is 0 Å². The Morgan fingerprint density at radius 3 is 1.83 bits per heavy atom. The molecule has 0 aliphatic carbocycles. The number of aliphatic hydroxyl groups is 2. The summed E-state index contributed by atoms with van der Waals surface area (Å²) in [5.74, 6) is 0.318. The van der Waals surface area contributed by atoms with E-state index in [1.165, 1.54) is 0 Å². The van der Waals surface area contributed by atoms with Crippen molar-refractivity contribution in [3.05, 3.63) is 29.8 Å². The summed E-state index contributed by atoms with van der Waals surface area (Å²) in [4.78, 5) is 11.6. The van der Waals surface area contributed by atoms with Crippen molar-refractivity contribution in [3.63, 3.8) is 0 Å². The number of hydrogen-bond acceptors (Lipinski definition) is 6. The highest BCUT2D eigenvalue weighted by atomic mass is 31.2. The topological polar surface area (TPSA) is 93.1 Å². The molecule has 0 saturated heterocycles. The molecule has 0 bridgehead atoms. The standard InChI is InChI=1S/C14H21O4P.2CH4O/c1-14(2,3)13(15)17-10-11-6-8-12(9-7-11)18-19(4,5)16;2*1-2/h6-9H,10H2,1-5H3;2*2H,1H3. The Balaban J connectivity index is 0. The summed E-state index contributed by atoms with van der Waals surface area (Å²) in [5.41, 5.74) is 0.368. The summed E-state index contributed by atoms with van der Waals surface area (Å²) in [6, 6.07) is 7.03. The van der Waals surface area contributed by atoms with Gasteiger partial charge in [-0.3, -0.25) is 9.36 Å². The van der Waals surface area contributed by atoms with Crippen LogP contribution >= 0.6 is 7.37 Å². The second-order valence-electron chi connectivity index (χ2n) is 5.81. The first-order chi connectivity index (χ1) is 10.6. The Hall–Kier alpha value is -1.36. The van der Waals surface area contributed by atoms with Gasteiger partial charge in [-0.05, 0) is 38.5 Å². The Morgan fingerprint density at radius 2 is 1.48 bits per heavy atom. The van der Waals surface area contributed by atoms with Gasteiger partial charge in [-0.25, -0.2) is 0 Å². The fourth-order valence-corrected chi connectivity index (χ4v) is 1.90. The van der Waals surface area contributed by atoms with E-state index in [1.807, 2.05) is 20.8 Å². The molecule has 0 atom stereocenters. The van der Waals surface area contributed by atoms with Crippen molar-refractivity contribution in [1.29, 1.82) is 0 Å². The van der Waals surface area contributed by atoms with Gasteiger partial charge in [0, 0.05) is 27.5 Å². The number of rotatable bonds is 4. The Morgan fingerprint density at radius 1 is 1.04 bits per heavy atom. The van der Waals surface area contributed by atoms with Crippen molar-refractivity contribution in [2.75, 3.05) is 27.5 Å². The number of aliphatic hydroxyl groups excluding tert-OH is 2. The fourth-order valence-electron chi connectivity index (χ4n) is 1.27. The monoisotopic (exact) mass is 348 g/mol. The van der Waals surface area contributed by atoms with Gasteiger partial charge in [0.05, 0.1) is 5.41 Å². The van der Waals surface area contributed by atoms with Crippen molar-refractivity contribution in [2.45, 2.75) is 27.4 Å². The molecule has 134 valence electrons. The highest BCUT2D eigenvalue weighted by Crippen LogP contribution is 2.38. The minimum Gasteiger partial charge on any atom is -0.460 e. The van der Waals surface area contributed by atoms with Crippen LogP contribution < -0.4 is 4.52 Å². The van der Waals surface area contributed by atoms with Gasteiger partial charge in [-0.2, -0.15) is 0 Å². The van der Waals surface area contributed by atoms with Crippen LogP contribution in [0, 0.1) is 5.41 Å². The van der Waals surface area contributed by atoms with Gasteiger partial charge in [-0.1, -0.05) is 12.1 Å². The van der Waals surface area contributed by atoms with Crippen LogP contribution in [0.25, 0.3) is 0 Å². The Labute approximate surface area is 138 Å². The van der Waals surface area contributed by atoms with E-state index in [4.69, 9.17) is 19.5 Å². The maximum Gasteiger partial charge on any atom is 0.311 e. The van der Waals surface area contributed by atoms with Crippen molar-refractivity contribution < 1.29 is 28.8 Å². The molecule has 1 aromatic rings. The number of benzene rings is 1. The van der Waals surface area contributed by atoms with Crippen LogP contribution in [0.4, 0.5) is 0 Å². The summed E-state index contributed by atoms with van der Waals surface area (Å²) < 4.78 is 22.0. The molecule has 0 fully saturated rings. The van der Waals surface area contributed by atoms with Gasteiger partial charge in [0.2, 0.25) is 7.37 Å². The van der Waals surface area contributed by atoms with Crippen LogP contribution in [0.15, 0.2) is 24.3 Å². The van der Waals surface area contributed by atoms with E-state index in [0.717, 1.165) is 19.8 Å². The van der Waals surface area contributed by atoms with E-state index < -0.39 is 12.8 Å². The molecule has 1 rings (SSSR count). The molecule has 0 aliphatic rings. The number of esters is 1. The zero-order chi connectivity index (χ0) is 18.7. The lowest BCUT2D eigenvalue weighted by Gasteiger charge is -2.16. The predicted molar refractivity (Wildman–Crippen MR) is 92.1 cm³/mol. The van der Waals surface area contributed by atoms with Crippen molar-refractivity contribution in [3.8, 4) is 5.75 Å².